The SMILES string of the molecule is Cc1oc(-c2ccccc2)nc1CC(=O)Nc1cccc(NC(=O)c2ccncc2)c1. The van der Waals surface area contributed by atoms with Crippen molar-refractivity contribution < 1.29 is 14.0 Å². The van der Waals surface area contributed by atoms with E-state index in [4.69, 9.17) is 4.42 Å². The normalized spacial score (nSPS) is 10.5. The highest BCUT2D eigenvalue weighted by Crippen LogP contribution is 2.22. The first kappa shape index (κ1) is 20.0. The molecule has 154 valence electrons. The van der Waals surface area contributed by atoms with E-state index in [-0.39, 0.29) is 18.2 Å². The highest BCUT2D eigenvalue weighted by molar-refractivity contribution is 6.04. The molecule has 31 heavy (non-hydrogen) atoms. The number of rotatable bonds is 6. The topological polar surface area (TPSA) is 97.1 Å². The van der Waals surface area contributed by atoms with Crippen LogP contribution in [0.25, 0.3) is 11.5 Å². The van der Waals surface area contributed by atoms with Crippen LogP contribution in [0.4, 0.5) is 11.4 Å². The summed E-state index contributed by atoms with van der Waals surface area (Å²) < 4.78 is 5.71. The van der Waals surface area contributed by atoms with Crippen molar-refractivity contribution in [3.8, 4) is 11.5 Å². The fourth-order valence-corrected chi connectivity index (χ4v) is 3.03. The molecule has 7 nitrogen and oxygen atoms in total. The molecule has 7 heteroatoms. The number of hydrogen-bond acceptors (Lipinski definition) is 5. The molecule has 0 saturated carbocycles. The van der Waals surface area contributed by atoms with Crippen molar-refractivity contribution in [2.75, 3.05) is 10.6 Å². The molecule has 4 aromatic rings. The number of carbonyl (C=O) groups is 2. The highest BCUT2D eigenvalue weighted by atomic mass is 16.4. The van der Waals surface area contributed by atoms with Crippen LogP contribution in [0.5, 0.6) is 0 Å². The number of oxazole rings is 1. The highest BCUT2D eigenvalue weighted by Gasteiger charge is 2.15. The first-order chi connectivity index (χ1) is 15.1. The molecule has 2 N–H and O–H groups in total. The van der Waals surface area contributed by atoms with Crippen molar-refractivity contribution in [3.05, 3.63) is 96.1 Å². The van der Waals surface area contributed by atoms with Gasteiger partial charge in [0, 0.05) is 34.9 Å². The summed E-state index contributed by atoms with van der Waals surface area (Å²) in [6, 6.07) is 19.8. The number of hydrogen-bond donors (Lipinski definition) is 2. The van der Waals surface area contributed by atoms with Crippen LogP contribution in [0.3, 0.4) is 0 Å². The molecule has 2 amide bonds. The Balaban J connectivity index is 1.41. The Labute approximate surface area is 179 Å². The first-order valence-electron chi connectivity index (χ1n) is 9.71. The second-order valence-corrected chi connectivity index (χ2v) is 6.88. The van der Waals surface area contributed by atoms with Crippen LogP contribution in [0.2, 0.25) is 0 Å². The van der Waals surface area contributed by atoms with Gasteiger partial charge in [-0.2, -0.15) is 0 Å². The van der Waals surface area contributed by atoms with E-state index in [1.807, 2.05) is 30.3 Å². The number of pyridine rings is 1. The molecule has 0 aliphatic rings. The van der Waals surface area contributed by atoms with E-state index in [0.29, 0.717) is 34.3 Å². The lowest BCUT2D eigenvalue weighted by Gasteiger charge is -2.08. The summed E-state index contributed by atoms with van der Waals surface area (Å²) in [6.07, 6.45) is 3.19. The van der Waals surface area contributed by atoms with Gasteiger partial charge in [-0.3, -0.25) is 14.6 Å². The van der Waals surface area contributed by atoms with Gasteiger partial charge in [-0.05, 0) is 49.4 Å². The molecule has 0 spiro atoms. The molecular weight excluding hydrogens is 392 g/mol. The average Bonchev–Trinajstić information content (AvgIpc) is 3.15. The number of amides is 2. The Kier molecular flexibility index (Phi) is 5.84. The largest absolute Gasteiger partial charge is 0.441 e. The molecule has 0 atom stereocenters. The molecule has 2 aromatic heterocycles. The molecule has 0 fully saturated rings. The molecule has 0 unspecified atom stereocenters. The number of carbonyl (C=O) groups excluding carboxylic acids is 2. The van der Waals surface area contributed by atoms with Crippen LogP contribution in [-0.4, -0.2) is 21.8 Å². The maximum absolute atomic E-state index is 12.5. The maximum Gasteiger partial charge on any atom is 0.255 e. The number of aromatic nitrogens is 2. The van der Waals surface area contributed by atoms with Gasteiger partial charge >= 0.3 is 0 Å². The van der Waals surface area contributed by atoms with Crippen LogP contribution < -0.4 is 10.6 Å². The van der Waals surface area contributed by atoms with E-state index in [1.165, 1.54) is 0 Å². The first-order valence-corrected chi connectivity index (χ1v) is 9.71. The third kappa shape index (κ3) is 5.02. The standard InChI is InChI=1S/C24H20N4O3/c1-16-21(28-24(31-16)18-6-3-2-4-7-18)15-22(29)26-19-8-5-9-20(14-19)27-23(30)17-10-12-25-13-11-17/h2-14H,15H2,1H3,(H,26,29)(H,27,30). The van der Waals surface area contributed by atoms with Gasteiger partial charge in [0.1, 0.15) is 5.76 Å². The van der Waals surface area contributed by atoms with Crippen molar-refractivity contribution in [2.45, 2.75) is 13.3 Å². The number of anilines is 2. The van der Waals surface area contributed by atoms with E-state index in [0.717, 1.165) is 5.56 Å². The van der Waals surface area contributed by atoms with E-state index in [9.17, 15) is 9.59 Å². The van der Waals surface area contributed by atoms with Crippen LogP contribution in [0.1, 0.15) is 21.8 Å². The molecule has 0 bridgehead atoms. The summed E-state index contributed by atoms with van der Waals surface area (Å²) in [5.41, 5.74) is 3.08. The van der Waals surface area contributed by atoms with Gasteiger partial charge in [-0.1, -0.05) is 24.3 Å². The monoisotopic (exact) mass is 412 g/mol. The molecular formula is C24H20N4O3. The summed E-state index contributed by atoms with van der Waals surface area (Å²) in [4.78, 5) is 33.2. The van der Waals surface area contributed by atoms with Gasteiger partial charge in [-0.15, -0.1) is 0 Å². The second-order valence-electron chi connectivity index (χ2n) is 6.88. The van der Waals surface area contributed by atoms with Crippen molar-refractivity contribution in [2.24, 2.45) is 0 Å². The molecule has 0 saturated heterocycles. The number of aryl methyl sites for hydroxylation is 1. The Morgan fingerprint density at radius 3 is 2.35 bits per heavy atom. The van der Waals surface area contributed by atoms with E-state index < -0.39 is 0 Å². The van der Waals surface area contributed by atoms with Gasteiger partial charge in [0.2, 0.25) is 11.8 Å². The summed E-state index contributed by atoms with van der Waals surface area (Å²) in [5.74, 6) is 0.611. The summed E-state index contributed by atoms with van der Waals surface area (Å²) in [5, 5.41) is 5.64. The van der Waals surface area contributed by atoms with Crippen molar-refractivity contribution in [1.82, 2.24) is 9.97 Å². The molecule has 0 radical (unpaired) electrons. The van der Waals surface area contributed by atoms with Crippen LogP contribution in [-0.2, 0) is 11.2 Å². The summed E-state index contributed by atoms with van der Waals surface area (Å²) in [7, 11) is 0. The quantitative estimate of drug-likeness (QED) is 0.487. The van der Waals surface area contributed by atoms with Gasteiger partial charge < -0.3 is 15.1 Å². The van der Waals surface area contributed by atoms with Gasteiger partial charge in [0.15, 0.2) is 0 Å². The predicted octanol–water partition coefficient (Wildman–Crippen LogP) is 4.48. The van der Waals surface area contributed by atoms with Crippen LogP contribution in [0, 0.1) is 6.92 Å². The van der Waals surface area contributed by atoms with Crippen LogP contribution in [0.15, 0.2) is 83.5 Å². The zero-order valence-corrected chi connectivity index (χ0v) is 16.8. The predicted molar refractivity (Wildman–Crippen MR) is 118 cm³/mol. The third-order valence-corrected chi connectivity index (χ3v) is 4.59. The lowest BCUT2D eigenvalue weighted by molar-refractivity contribution is -0.115. The molecule has 2 aromatic carbocycles. The van der Waals surface area contributed by atoms with Crippen LogP contribution >= 0.6 is 0 Å². The lowest BCUT2D eigenvalue weighted by Crippen LogP contribution is -2.16. The summed E-state index contributed by atoms with van der Waals surface area (Å²) in [6.45, 7) is 1.79. The Hall–Kier alpha value is -4.26. The maximum atomic E-state index is 12.5. The van der Waals surface area contributed by atoms with Crippen molar-refractivity contribution >= 4 is 23.2 Å². The molecule has 2 heterocycles. The number of nitrogens with one attached hydrogen (secondary N) is 2. The minimum absolute atomic E-state index is 0.0791. The van der Waals surface area contributed by atoms with E-state index in [1.54, 1.807) is 55.7 Å². The zero-order valence-electron chi connectivity index (χ0n) is 16.8. The fourth-order valence-electron chi connectivity index (χ4n) is 3.03. The number of nitrogens with zero attached hydrogens (tertiary/aromatic N) is 2. The second kappa shape index (κ2) is 9.04. The fraction of sp³-hybridized carbons (Fsp3) is 0.0833. The number of benzene rings is 2. The zero-order chi connectivity index (χ0) is 21.6. The van der Waals surface area contributed by atoms with Crippen molar-refractivity contribution in [1.29, 1.82) is 0 Å². The minimum Gasteiger partial charge on any atom is -0.441 e. The minimum atomic E-state index is -0.252. The summed E-state index contributed by atoms with van der Waals surface area (Å²) >= 11 is 0. The Morgan fingerprint density at radius 1 is 0.903 bits per heavy atom. The Morgan fingerprint density at radius 2 is 1.61 bits per heavy atom. The smallest absolute Gasteiger partial charge is 0.255 e. The molecule has 0 aliphatic carbocycles. The van der Waals surface area contributed by atoms with Gasteiger partial charge in [0.25, 0.3) is 5.91 Å². The van der Waals surface area contributed by atoms with E-state index >= 15 is 0 Å². The lowest BCUT2D eigenvalue weighted by atomic mass is 10.2. The van der Waals surface area contributed by atoms with Gasteiger partial charge in [-0.25, -0.2) is 4.98 Å². The van der Waals surface area contributed by atoms with Crippen molar-refractivity contribution in [3.63, 3.8) is 0 Å². The van der Waals surface area contributed by atoms with Gasteiger partial charge in [0.05, 0.1) is 12.1 Å². The third-order valence-electron chi connectivity index (χ3n) is 4.59. The molecule has 4 rings (SSSR count). The molecule has 0 aliphatic heterocycles. The Bertz CT molecular complexity index is 1200. The van der Waals surface area contributed by atoms with E-state index in [2.05, 4.69) is 20.6 Å². The average molecular weight is 412 g/mol.